The van der Waals surface area contributed by atoms with E-state index in [1.165, 1.54) is 0 Å². The highest BCUT2D eigenvalue weighted by Gasteiger charge is 2.29. The van der Waals surface area contributed by atoms with Crippen LogP contribution in [0.15, 0.2) is 35.5 Å². The van der Waals surface area contributed by atoms with Gasteiger partial charge in [0.25, 0.3) is 0 Å². The van der Waals surface area contributed by atoms with E-state index in [9.17, 15) is 8.42 Å². The van der Waals surface area contributed by atoms with Gasteiger partial charge in [-0.3, -0.25) is 4.90 Å². The molecule has 0 N–H and O–H groups in total. The van der Waals surface area contributed by atoms with Crippen molar-refractivity contribution in [3.05, 3.63) is 36.4 Å². The molecule has 3 aromatic rings. The molecule has 0 spiro atoms. The van der Waals surface area contributed by atoms with Crippen LogP contribution in [-0.4, -0.2) is 62.1 Å². The molecule has 0 amide bonds. The van der Waals surface area contributed by atoms with Crippen molar-refractivity contribution < 1.29 is 8.42 Å². The predicted octanol–water partition coefficient (Wildman–Crippen LogP) is 1.32. The first kappa shape index (κ1) is 17.5. The monoisotopic (exact) mass is 392 g/mol. The molecule has 0 bridgehead atoms. The van der Waals surface area contributed by atoms with Crippen molar-refractivity contribution >= 4 is 32.8 Å². The van der Waals surface area contributed by atoms with Gasteiger partial charge >= 0.3 is 0 Å². The SMILES string of the molecule is Cn1ccnc1CN1CCCN(S(=O)(=O)c2cccc3nsnc23)CC1. The molecule has 0 aliphatic carbocycles. The van der Waals surface area contributed by atoms with Crippen LogP contribution in [0.25, 0.3) is 11.0 Å². The number of hydrogen-bond acceptors (Lipinski definition) is 7. The minimum Gasteiger partial charge on any atom is -0.337 e. The zero-order chi connectivity index (χ0) is 18.1. The van der Waals surface area contributed by atoms with Crippen molar-refractivity contribution in [3.8, 4) is 0 Å². The summed E-state index contributed by atoms with van der Waals surface area (Å²) in [4.78, 5) is 6.86. The van der Waals surface area contributed by atoms with Crippen molar-refractivity contribution in [1.29, 1.82) is 0 Å². The Morgan fingerprint density at radius 2 is 2.04 bits per heavy atom. The largest absolute Gasteiger partial charge is 0.337 e. The Hall–Kier alpha value is -1.88. The van der Waals surface area contributed by atoms with E-state index < -0.39 is 10.0 Å². The predicted molar refractivity (Wildman–Crippen MR) is 99.3 cm³/mol. The Balaban J connectivity index is 1.53. The van der Waals surface area contributed by atoms with Crippen LogP contribution in [0.5, 0.6) is 0 Å². The number of rotatable bonds is 4. The highest BCUT2D eigenvalue weighted by atomic mass is 32.2. The van der Waals surface area contributed by atoms with Crippen LogP contribution in [0.1, 0.15) is 12.2 Å². The van der Waals surface area contributed by atoms with Gasteiger partial charge in [-0.05, 0) is 25.1 Å². The van der Waals surface area contributed by atoms with Crippen molar-refractivity contribution in [1.82, 2.24) is 27.5 Å². The second kappa shape index (κ2) is 7.03. The van der Waals surface area contributed by atoms with Gasteiger partial charge < -0.3 is 4.57 Å². The van der Waals surface area contributed by atoms with Crippen LogP contribution < -0.4 is 0 Å². The zero-order valence-electron chi connectivity index (χ0n) is 14.4. The highest BCUT2D eigenvalue weighted by Crippen LogP contribution is 2.25. The van der Waals surface area contributed by atoms with E-state index >= 15 is 0 Å². The molecule has 0 radical (unpaired) electrons. The molecule has 1 aliphatic rings. The van der Waals surface area contributed by atoms with E-state index in [0.717, 1.165) is 37.1 Å². The quantitative estimate of drug-likeness (QED) is 0.666. The topological polar surface area (TPSA) is 84.2 Å². The molecule has 0 atom stereocenters. The van der Waals surface area contributed by atoms with Gasteiger partial charge in [0.2, 0.25) is 10.0 Å². The first-order valence-corrected chi connectivity index (χ1v) is 10.6. The molecule has 10 heteroatoms. The standard InChI is InChI=1S/C16H20N6O2S2/c1-20-9-6-17-15(20)12-21-7-3-8-22(11-10-21)26(23,24)14-5-2-4-13-16(14)19-25-18-13/h2,4-6,9H,3,7-8,10-12H2,1H3. The Kier molecular flexibility index (Phi) is 4.74. The first-order valence-electron chi connectivity index (χ1n) is 8.46. The summed E-state index contributed by atoms with van der Waals surface area (Å²) in [5.41, 5.74) is 1.09. The number of aryl methyl sites for hydroxylation is 1. The number of hydrogen-bond donors (Lipinski definition) is 0. The molecule has 1 aromatic carbocycles. The molecular weight excluding hydrogens is 372 g/mol. The van der Waals surface area contributed by atoms with Gasteiger partial charge in [-0.25, -0.2) is 13.4 Å². The van der Waals surface area contributed by atoms with Crippen molar-refractivity contribution in [2.24, 2.45) is 7.05 Å². The van der Waals surface area contributed by atoms with Crippen molar-refractivity contribution in [2.45, 2.75) is 17.9 Å². The van der Waals surface area contributed by atoms with Crippen molar-refractivity contribution in [3.63, 3.8) is 0 Å². The molecule has 4 rings (SSSR count). The second-order valence-corrected chi connectivity index (χ2v) is 8.81. The van der Waals surface area contributed by atoms with Crippen LogP contribution in [0.2, 0.25) is 0 Å². The summed E-state index contributed by atoms with van der Waals surface area (Å²) in [5.74, 6) is 0.986. The Labute approximate surface area is 156 Å². The summed E-state index contributed by atoms with van der Waals surface area (Å²) >= 11 is 1.04. The number of aromatic nitrogens is 4. The summed E-state index contributed by atoms with van der Waals surface area (Å²) in [6, 6.07) is 5.13. The summed E-state index contributed by atoms with van der Waals surface area (Å²) in [5, 5.41) is 0. The fraction of sp³-hybridized carbons (Fsp3) is 0.438. The maximum Gasteiger partial charge on any atom is 0.245 e. The number of benzene rings is 1. The third-order valence-electron chi connectivity index (χ3n) is 4.70. The number of fused-ring (bicyclic) bond motifs is 1. The molecule has 2 aromatic heterocycles. The molecule has 138 valence electrons. The minimum atomic E-state index is -3.59. The molecule has 1 fully saturated rings. The normalized spacial score (nSPS) is 17.6. The lowest BCUT2D eigenvalue weighted by Gasteiger charge is -2.21. The molecule has 1 saturated heterocycles. The zero-order valence-corrected chi connectivity index (χ0v) is 16.1. The first-order chi connectivity index (χ1) is 12.6. The van der Waals surface area contributed by atoms with Gasteiger partial charge in [-0.15, -0.1) is 0 Å². The number of imidazole rings is 1. The lowest BCUT2D eigenvalue weighted by atomic mass is 10.3. The Morgan fingerprint density at radius 3 is 2.85 bits per heavy atom. The van der Waals surface area contributed by atoms with Gasteiger partial charge in [-0.2, -0.15) is 13.1 Å². The van der Waals surface area contributed by atoms with Gasteiger partial charge in [0.15, 0.2) is 0 Å². The maximum atomic E-state index is 13.2. The fourth-order valence-electron chi connectivity index (χ4n) is 3.22. The second-order valence-electron chi connectivity index (χ2n) is 6.38. The highest BCUT2D eigenvalue weighted by molar-refractivity contribution is 7.89. The Morgan fingerprint density at radius 1 is 1.15 bits per heavy atom. The van der Waals surface area contributed by atoms with Crippen LogP contribution in [-0.2, 0) is 23.6 Å². The number of sulfonamides is 1. The smallest absolute Gasteiger partial charge is 0.245 e. The Bertz CT molecular complexity index is 1010. The van der Waals surface area contributed by atoms with E-state index in [-0.39, 0.29) is 4.90 Å². The van der Waals surface area contributed by atoms with Gasteiger partial charge in [-0.1, -0.05) is 6.07 Å². The molecule has 3 heterocycles. The lowest BCUT2D eigenvalue weighted by Crippen LogP contribution is -2.35. The summed E-state index contributed by atoms with van der Waals surface area (Å²) in [6.07, 6.45) is 4.49. The van der Waals surface area contributed by atoms with E-state index in [4.69, 9.17) is 0 Å². The van der Waals surface area contributed by atoms with Gasteiger partial charge in [0.1, 0.15) is 21.8 Å². The van der Waals surface area contributed by atoms with Gasteiger partial charge in [0.05, 0.1) is 18.3 Å². The van der Waals surface area contributed by atoms with Crippen LogP contribution in [0.4, 0.5) is 0 Å². The van der Waals surface area contributed by atoms with E-state index in [0.29, 0.717) is 30.7 Å². The van der Waals surface area contributed by atoms with Crippen molar-refractivity contribution in [2.75, 3.05) is 26.2 Å². The lowest BCUT2D eigenvalue weighted by molar-refractivity contribution is 0.269. The van der Waals surface area contributed by atoms with Crippen LogP contribution in [0, 0.1) is 0 Å². The fourth-order valence-corrected chi connectivity index (χ4v) is 5.45. The van der Waals surface area contributed by atoms with Crippen LogP contribution >= 0.6 is 11.7 Å². The summed E-state index contributed by atoms with van der Waals surface area (Å²) in [7, 11) is -1.61. The minimum absolute atomic E-state index is 0.251. The number of nitrogens with zero attached hydrogens (tertiary/aromatic N) is 6. The molecule has 8 nitrogen and oxygen atoms in total. The summed E-state index contributed by atoms with van der Waals surface area (Å²) < 4.78 is 38.2. The third-order valence-corrected chi connectivity index (χ3v) is 7.17. The van der Waals surface area contributed by atoms with E-state index in [1.807, 2.05) is 17.8 Å². The molecule has 1 aliphatic heterocycles. The van der Waals surface area contributed by atoms with Crippen LogP contribution in [0.3, 0.4) is 0 Å². The maximum absolute atomic E-state index is 13.2. The third kappa shape index (κ3) is 3.25. The average Bonchev–Trinajstić information content (AvgIpc) is 3.18. The molecule has 0 unspecified atom stereocenters. The van der Waals surface area contributed by atoms with Gasteiger partial charge in [0, 0.05) is 39.1 Å². The molecular formula is C16H20N6O2S2. The molecule has 26 heavy (non-hydrogen) atoms. The average molecular weight is 393 g/mol. The van der Waals surface area contributed by atoms with E-state index in [1.54, 1.807) is 28.7 Å². The van der Waals surface area contributed by atoms with E-state index in [2.05, 4.69) is 18.6 Å². The summed E-state index contributed by atoms with van der Waals surface area (Å²) in [6.45, 7) is 3.22. The molecule has 0 saturated carbocycles.